The van der Waals surface area contributed by atoms with Gasteiger partial charge in [-0.3, -0.25) is 9.59 Å². The molecule has 0 heterocycles. The second kappa shape index (κ2) is 9.35. The van der Waals surface area contributed by atoms with Crippen LogP contribution in [-0.4, -0.2) is 22.8 Å². The number of amides is 2. The molecule has 24 heavy (non-hydrogen) atoms. The minimum Gasteiger partial charge on any atom is -0.325 e. The van der Waals surface area contributed by atoms with Gasteiger partial charge in [0.15, 0.2) is 0 Å². The minimum atomic E-state index is -0.290. The van der Waals surface area contributed by atoms with Crippen molar-refractivity contribution in [2.45, 2.75) is 18.6 Å². The van der Waals surface area contributed by atoms with Gasteiger partial charge in [0.1, 0.15) is 0 Å². The number of halogens is 1. The van der Waals surface area contributed by atoms with E-state index in [0.717, 1.165) is 5.69 Å². The number of hydrogen-bond acceptors (Lipinski definition) is 3. The highest BCUT2D eigenvalue weighted by molar-refractivity contribution is 8.01. The number of carbonyl (C=O) groups is 2. The van der Waals surface area contributed by atoms with Crippen LogP contribution in [0.4, 0.5) is 11.4 Å². The van der Waals surface area contributed by atoms with Gasteiger partial charge in [-0.25, -0.2) is 0 Å². The highest BCUT2D eigenvalue weighted by Gasteiger charge is 2.18. The lowest BCUT2D eigenvalue weighted by Crippen LogP contribution is -2.26. The fraction of sp³-hybridized carbons (Fsp3) is 0.222. The summed E-state index contributed by atoms with van der Waals surface area (Å²) in [7, 11) is 0. The molecule has 1 unspecified atom stereocenters. The Balaban J connectivity index is 1.83. The summed E-state index contributed by atoms with van der Waals surface area (Å²) in [5.74, 6) is -0.0113. The van der Waals surface area contributed by atoms with Crippen LogP contribution in [0.1, 0.15) is 13.3 Å². The zero-order valence-corrected chi connectivity index (χ0v) is 14.9. The van der Waals surface area contributed by atoms with Crippen molar-refractivity contribution in [2.75, 3.05) is 16.4 Å². The molecule has 0 saturated heterocycles. The predicted octanol–water partition coefficient (Wildman–Crippen LogP) is 4.43. The molecule has 2 amide bonds. The summed E-state index contributed by atoms with van der Waals surface area (Å²) in [6.45, 7) is 1.92. The summed E-state index contributed by atoms with van der Waals surface area (Å²) in [4.78, 5) is 24.3. The molecule has 0 fully saturated rings. The van der Waals surface area contributed by atoms with Crippen LogP contribution in [0, 0.1) is 0 Å². The highest BCUT2D eigenvalue weighted by atomic mass is 35.5. The Hall–Kier alpha value is -1.98. The number of anilines is 2. The maximum Gasteiger partial charge on any atom is 0.237 e. The first-order chi connectivity index (χ1) is 11.6. The smallest absolute Gasteiger partial charge is 0.237 e. The Kier molecular flexibility index (Phi) is 7.15. The Bertz CT molecular complexity index is 677. The van der Waals surface area contributed by atoms with Crippen molar-refractivity contribution < 1.29 is 9.59 Å². The second-order valence-corrected chi connectivity index (χ2v) is 6.75. The third-order valence-electron chi connectivity index (χ3n) is 3.25. The summed E-state index contributed by atoms with van der Waals surface area (Å²) < 4.78 is 0. The van der Waals surface area contributed by atoms with E-state index >= 15 is 0 Å². The van der Waals surface area contributed by atoms with E-state index in [2.05, 4.69) is 10.6 Å². The average molecular weight is 363 g/mol. The van der Waals surface area contributed by atoms with E-state index in [4.69, 9.17) is 11.6 Å². The zero-order valence-electron chi connectivity index (χ0n) is 13.3. The summed E-state index contributed by atoms with van der Waals surface area (Å²) >= 11 is 7.16. The summed E-state index contributed by atoms with van der Waals surface area (Å²) in [5.41, 5.74) is 1.44. The summed E-state index contributed by atoms with van der Waals surface area (Å²) in [6.07, 6.45) is 0.642. The van der Waals surface area contributed by atoms with Crippen molar-refractivity contribution in [2.24, 2.45) is 0 Å². The Morgan fingerprint density at radius 3 is 2.25 bits per heavy atom. The number of rotatable bonds is 7. The molecule has 4 nitrogen and oxygen atoms in total. The maximum atomic E-state index is 12.3. The van der Waals surface area contributed by atoms with Gasteiger partial charge in [0.25, 0.3) is 0 Å². The molecule has 0 spiro atoms. The van der Waals surface area contributed by atoms with Crippen LogP contribution in [0.15, 0.2) is 54.6 Å². The molecule has 0 aromatic heterocycles. The first kappa shape index (κ1) is 18.4. The lowest BCUT2D eigenvalue weighted by Gasteiger charge is -2.14. The van der Waals surface area contributed by atoms with Gasteiger partial charge in [-0.2, -0.15) is 0 Å². The van der Waals surface area contributed by atoms with E-state index in [-0.39, 0.29) is 22.8 Å². The van der Waals surface area contributed by atoms with Gasteiger partial charge in [-0.1, -0.05) is 36.7 Å². The third kappa shape index (κ3) is 5.91. The van der Waals surface area contributed by atoms with Crippen molar-refractivity contribution in [1.29, 1.82) is 0 Å². The van der Waals surface area contributed by atoms with Crippen LogP contribution in [0.2, 0.25) is 5.02 Å². The number of benzene rings is 2. The van der Waals surface area contributed by atoms with Gasteiger partial charge in [-0.15, -0.1) is 11.8 Å². The Morgan fingerprint density at radius 2 is 1.62 bits per heavy atom. The molecular formula is C18H19ClN2O2S. The molecule has 0 aliphatic rings. The lowest BCUT2D eigenvalue weighted by atomic mass is 10.3. The van der Waals surface area contributed by atoms with Gasteiger partial charge >= 0.3 is 0 Å². The fourth-order valence-electron chi connectivity index (χ4n) is 2.03. The van der Waals surface area contributed by atoms with Gasteiger partial charge < -0.3 is 10.6 Å². The molecule has 2 aromatic rings. The zero-order chi connectivity index (χ0) is 17.4. The average Bonchev–Trinajstić information content (AvgIpc) is 2.58. The Morgan fingerprint density at radius 1 is 1.00 bits per heavy atom. The van der Waals surface area contributed by atoms with E-state index in [1.165, 1.54) is 11.8 Å². The topological polar surface area (TPSA) is 58.2 Å². The van der Waals surface area contributed by atoms with Crippen molar-refractivity contribution in [3.8, 4) is 0 Å². The minimum absolute atomic E-state index is 0.114. The standard InChI is InChI=1S/C18H19ClN2O2S/c1-2-16(18(23)21-15-10-8-13(19)9-11-15)24-12-17(22)20-14-6-4-3-5-7-14/h3-11,16H,2,12H2,1H3,(H,20,22)(H,21,23). The van der Waals surface area contributed by atoms with E-state index < -0.39 is 0 Å². The van der Waals surface area contributed by atoms with E-state index in [1.807, 2.05) is 37.3 Å². The number of thioether (sulfide) groups is 1. The third-order valence-corrected chi connectivity index (χ3v) is 4.88. The molecular weight excluding hydrogens is 344 g/mol. The molecule has 0 saturated carbocycles. The van der Waals surface area contributed by atoms with E-state index in [9.17, 15) is 9.59 Å². The van der Waals surface area contributed by atoms with Crippen molar-refractivity contribution in [3.05, 3.63) is 59.6 Å². The molecule has 0 aliphatic carbocycles. The van der Waals surface area contributed by atoms with Crippen LogP contribution in [0.3, 0.4) is 0 Å². The first-order valence-electron chi connectivity index (χ1n) is 7.61. The van der Waals surface area contributed by atoms with Crippen molar-refractivity contribution in [3.63, 3.8) is 0 Å². The summed E-state index contributed by atoms with van der Waals surface area (Å²) in [6, 6.07) is 16.2. The molecule has 2 rings (SSSR count). The second-order valence-electron chi connectivity index (χ2n) is 5.12. The molecule has 0 bridgehead atoms. The predicted molar refractivity (Wildman–Crippen MR) is 102 cm³/mol. The van der Waals surface area contributed by atoms with Crippen LogP contribution < -0.4 is 10.6 Å². The van der Waals surface area contributed by atoms with Crippen LogP contribution in [0.5, 0.6) is 0 Å². The van der Waals surface area contributed by atoms with Gasteiger partial charge in [0.2, 0.25) is 11.8 Å². The lowest BCUT2D eigenvalue weighted by molar-refractivity contribution is -0.115. The van der Waals surface area contributed by atoms with Crippen LogP contribution >= 0.6 is 23.4 Å². The SMILES string of the molecule is CCC(SCC(=O)Nc1ccccc1)C(=O)Nc1ccc(Cl)cc1. The Labute approximate surface area is 151 Å². The number of carbonyl (C=O) groups excluding carboxylic acids is 2. The summed E-state index contributed by atoms with van der Waals surface area (Å²) in [5, 5.41) is 5.98. The molecule has 1 atom stereocenters. The quantitative estimate of drug-likeness (QED) is 0.766. The largest absolute Gasteiger partial charge is 0.325 e. The van der Waals surface area contributed by atoms with Gasteiger partial charge in [0, 0.05) is 16.4 Å². The fourth-order valence-corrected chi connectivity index (χ4v) is 3.03. The monoisotopic (exact) mass is 362 g/mol. The number of para-hydroxylation sites is 1. The van der Waals surface area contributed by atoms with Gasteiger partial charge in [-0.05, 0) is 42.8 Å². The normalized spacial score (nSPS) is 11.6. The van der Waals surface area contributed by atoms with E-state index in [1.54, 1.807) is 24.3 Å². The molecule has 2 aromatic carbocycles. The molecule has 0 aliphatic heterocycles. The molecule has 2 N–H and O–H groups in total. The van der Waals surface area contributed by atoms with Gasteiger partial charge in [0.05, 0.1) is 11.0 Å². The van der Waals surface area contributed by atoms with Crippen molar-refractivity contribution >= 4 is 46.6 Å². The molecule has 0 radical (unpaired) electrons. The highest BCUT2D eigenvalue weighted by Crippen LogP contribution is 2.19. The van der Waals surface area contributed by atoms with E-state index in [0.29, 0.717) is 17.1 Å². The maximum absolute atomic E-state index is 12.3. The van der Waals surface area contributed by atoms with Crippen molar-refractivity contribution in [1.82, 2.24) is 0 Å². The number of hydrogen-bond donors (Lipinski definition) is 2. The van der Waals surface area contributed by atoms with Crippen LogP contribution in [-0.2, 0) is 9.59 Å². The molecule has 126 valence electrons. The molecule has 6 heteroatoms. The first-order valence-corrected chi connectivity index (χ1v) is 9.04. The number of nitrogens with one attached hydrogen (secondary N) is 2. The van der Waals surface area contributed by atoms with Crippen LogP contribution in [0.25, 0.3) is 0 Å².